The standard InChI is InChI=1S/C25H46N8O8/c1-24(36)10-38-22(17(35)20(24)31-2)41-19-14(33-23(30)25(37)5-6-25)7-13(28)18(16(19)34)40-21-12(27)4-3-11(39-21)9-32-15(29)8-26/h11-14,16-19,21-22,34-37H,3-10,26-28H2,1-2H3,(H2,29,32)(H2,30,33)/b31-20+/t11-,12?,13-,14+,16?,17?,18?,19?,21+,22+,24?/m0/s1. The van der Waals surface area contributed by atoms with Crippen LogP contribution in [0.15, 0.2) is 4.99 Å². The number of rotatable bonds is 9. The fourth-order valence-corrected chi connectivity index (χ4v) is 5.54. The molecule has 6 unspecified atom stereocenters. The van der Waals surface area contributed by atoms with E-state index in [2.05, 4.69) is 15.6 Å². The maximum absolute atomic E-state index is 11.6. The van der Waals surface area contributed by atoms with Gasteiger partial charge in [-0.15, -0.1) is 0 Å². The van der Waals surface area contributed by atoms with Crippen LogP contribution in [0.3, 0.4) is 0 Å². The molecule has 2 saturated heterocycles. The third-order valence-corrected chi connectivity index (χ3v) is 8.22. The van der Waals surface area contributed by atoms with Crippen LogP contribution in [-0.2, 0) is 18.9 Å². The molecule has 16 heteroatoms. The highest BCUT2D eigenvalue weighted by molar-refractivity contribution is 5.96. The summed E-state index contributed by atoms with van der Waals surface area (Å²) in [6, 6.07) is -1.99. The number of aliphatic hydroxyl groups excluding tert-OH is 2. The smallest absolute Gasteiger partial charge is 0.189 e. The molecule has 2 heterocycles. The summed E-state index contributed by atoms with van der Waals surface area (Å²) in [6.45, 7) is 1.67. The first-order chi connectivity index (χ1) is 19.3. The van der Waals surface area contributed by atoms with E-state index in [1.807, 2.05) is 0 Å². The maximum atomic E-state index is 11.6. The van der Waals surface area contributed by atoms with E-state index in [1.165, 1.54) is 14.0 Å². The second-order valence-corrected chi connectivity index (χ2v) is 11.7. The van der Waals surface area contributed by atoms with Crippen LogP contribution in [0.25, 0.3) is 0 Å². The summed E-state index contributed by atoms with van der Waals surface area (Å²) in [7, 11) is 1.44. The molecule has 0 aromatic rings. The van der Waals surface area contributed by atoms with Gasteiger partial charge < -0.3 is 67.2 Å². The van der Waals surface area contributed by atoms with E-state index in [9.17, 15) is 20.4 Å². The van der Waals surface area contributed by atoms with Crippen LogP contribution in [-0.4, -0.2) is 137 Å². The van der Waals surface area contributed by atoms with Crippen LogP contribution in [0, 0.1) is 10.8 Å². The highest BCUT2D eigenvalue weighted by Crippen LogP contribution is 2.37. The van der Waals surface area contributed by atoms with Crippen molar-refractivity contribution in [1.82, 2.24) is 10.6 Å². The number of aliphatic hydroxyl groups is 4. The molecule has 4 rings (SSSR count). The lowest BCUT2D eigenvalue weighted by atomic mass is 9.83. The molecular weight excluding hydrogens is 540 g/mol. The minimum absolute atomic E-state index is 0.0667. The fourth-order valence-electron chi connectivity index (χ4n) is 5.54. The monoisotopic (exact) mass is 586 g/mol. The molecule has 16 nitrogen and oxygen atoms in total. The summed E-state index contributed by atoms with van der Waals surface area (Å²) in [4.78, 5) is 4.01. The first kappa shape index (κ1) is 32.1. The topological polar surface area (TPSA) is 280 Å². The fraction of sp³-hybridized carbons (Fsp3) is 0.880. The molecule has 0 amide bonds. The molecule has 0 bridgehead atoms. The number of nitrogens with zero attached hydrogens (tertiary/aromatic N) is 1. The second kappa shape index (κ2) is 12.8. The van der Waals surface area contributed by atoms with E-state index in [0.717, 1.165) is 0 Å². The Morgan fingerprint density at radius 3 is 2.41 bits per heavy atom. The van der Waals surface area contributed by atoms with Crippen molar-refractivity contribution in [2.75, 3.05) is 26.7 Å². The predicted molar refractivity (Wildman–Crippen MR) is 148 cm³/mol. The van der Waals surface area contributed by atoms with Crippen molar-refractivity contribution in [2.45, 2.75) is 111 Å². The van der Waals surface area contributed by atoms with Gasteiger partial charge in [-0.1, -0.05) is 0 Å². The van der Waals surface area contributed by atoms with E-state index < -0.39 is 66.3 Å². The minimum Gasteiger partial charge on any atom is -0.388 e. The van der Waals surface area contributed by atoms with E-state index in [0.29, 0.717) is 32.2 Å². The Balaban J connectivity index is 1.50. The number of amidine groups is 2. The molecule has 2 saturated carbocycles. The van der Waals surface area contributed by atoms with Gasteiger partial charge in [-0.25, -0.2) is 0 Å². The van der Waals surface area contributed by atoms with Crippen molar-refractivity contribution in [3.63, 3.8) is 0 Å². The summed E-state index contributed by atoms with van der Waals surface area (Å²) < 4.78 is 24.0. The third-order valence-electron chi connectivity index (χ3n) is 8.22. The molecule has 234 valence electrons. The highest BCUT2D eigenvalue weighted by Gasteiger charge is 2.52. The molecular formula is C25H46N8O8. The molecule has 4 aliphatic rings. The van der Waals surface area contributed by atoms with Gasteiger partial charge in [0, 0.05) is 19.6 Å². The van der Waals surface area contributed by atoms with Gasteiger partial charge >= 0.3 is 0 Å². The van der Waals surface area contributed by atoms with Gasteiger partial charge in [0.15, 0.2) is 12.6 Å². The van der Waals surface area contributed by atoms with Crippen molar-refractivity contribution >= 4 is 17.4 Å². The molecule has 2 aliphatic heterocycles. The van der Waals surface area contributed by atoms with Gasteiger partial charge in [0.2, 0.25) is 0 Å². The van der Waals surface area contributed by atoms with Crippen LogP contribution >= 0.6 is 0 Å². The number of hydrogen-bond acceptors (Lipinski definition) is 14. The van der Waals surface area contributed by atoms with Crippen molar-refractivity contribution in [1.29, 1.82) is 10.8 Å². The Bertz CT molecular complexity index is 981. The Morgan fingerprint density at radius 1 is 1.10 bits per heavy atom. The predicted octanol–water partition coefficient (Wildman–Crippen LogP) is -3.79. The Labute approximate surface area is 238 Å². The highest BCUT2D eigenvalue weighted by atomic mass is 16.7. The zero-order valence-corrected chi connectivity index (χ0v) is 23.5. The Morgan fingerprint density at radius 2 is 1.78 bits per heavy atom. The average molecular weight is 587 g/mol. The quantitative estimate of drug-likeness (QED) is 0.0914. The normalized spacial score (nSPS) is 43.4. The lowest BCUT2D eigenvalue weighted by Gasteiger charge is -2.48. The first-order valence-corrected chi connectivity index (χ1v) is 14.0. The van der Waals surface area contributed by atoms with E-state index >= 15 is 0 Å². The molecule has 14 N–H and O–H groups in total. The number of ether oxygens (including phenoxy) is 4. The summed E-state index contributed by atoms with van der Waals surface area (Å²) in [5, 5.41) is 65.4. The van der Waals surface area contributed by atoms with Gasteiger partial charge in [0.1, 0.15) is 47.3 Å². The van der Waals surface area contributed by atoms with E-state index in [-0.39, 0.29) is 43.1 Å². The summed E-state index contributed by atoms with van der Waals surface area (Å²) >= 11 is 0. The lowest BCUT2D eigenvalue weighted by Crippen LogP contribution is -2.68. The Kier molecular flexibility index (Phi) is 10.0. The molecule has 0 aromatic carbocycles. The summed E-state index contributed by atoms with van der Waals surface area (Å²) in [5.41, 5.74) is 15.5. The third kappa shape index (κ3) is 7.22. The van der Waals surface area contributed by atoms with Crippen LogP contribution in [0.1, 0.15) is 39.0 Å². The van der Waals surface area contributed by atoms with Gasteiger partial charge in [-0.3, -0.25) is 15.8 Å². The van der Waals surface area contributed by atoms with Crippen molar-refractivity contribution < 1.29 is 39.4 Å². The van der Waals surface area contributed by atoms with Crippen LogP contribution in [0.2, 0.25) is 0 Å². The van der Waals surface area contributed by atoms with Gasteiger partial charge in [-0.2, -0.15) is 0 Å². The van der Waals surface area contributed by atoms with E-state index in [1.54, 1.807) is 0 Å². The SMILES string of the molecule is C/N=C1\C(O)[C@@H](OC2C(O)C(O[C@H]3O[C@H](CNC(=N)CN)CCC3N)[C@@H](N)C[C@H]2NC(=N)C2(O)CC2)OCC1(C)O. The molecule has 0 aromatic heterocycles. The van der Waals surface area contributed by atoms with Gasteiger partial charge in [0.05, 0.1) is 37.1 Å². The maximum Gasteiger partial charge on any atom is 0.189 e. The zero-order valence-electron chi connectivity index (χ0n) is 23.5. The van der Waals surface area contributed by atoms with Gasteiger partial charge in [0.25, 0.3) is 0 Å². The molecule has 2 aliphatic carbocycles. The lowest BCUT2D eigenvalue weighted by molar-refractivity contribution is -0.284. The van der Waals surface area contributed by atoms with Crippen molar-refractivity contribution in [2.24, 2.45) is 22.2 Å². The van der Waals surface area contributed by atoms with Crippen molar-refractivity contribution in [3.05, 3.63) is 0 Å². The largest absolute Gasteiger partial charge is 0.388 e. The van der Waals surface area contributed by atoms with E-state index in [4.69, 9.17) is 47.0 Å². The molecule has 41 heavy (non-hydrogen) atoms. The first-order valence-electron chi connectivity index (χ1n) is 14.0. The summed E-state index contributed by atoms with van der Waals surface area (Å²) in [6.07, 6.45) is -5.22. The number of hydrogen-bond donors (Lipinski definition) is 11. The minimum atomic E-state index is -1.51. The van der Waals surface area contributed by atoms with Crippen LogP contribution in [0.5, 0.6) is 0 Å². The molecule has 4 fully saturated rings. The van der Waals surface area contributed by atoms with Crippen LogP contribution in [0.4, 0.5) is 0 Å². The molecule has 11 atom stereocenters. The molecule has 0 spiro atoms. The number of aliphatic imine (C=N–C) groups is 1. The summed E-state index contributed by atoms with van der Waals surface area (Å²) in [5.74, 6) is 0.0604. The van der Waals surface area contributed by atoms with Gasteiger partial charge in [-0.05, 0) is 39.0 Å². The second-order valence-electron chi connectivity index (χ2n) is 11.7. The number of nitrogens with one attached hydrogen (secondary N) is 4. The average Bonchev–Trinajstić information content (AvgIpc) is 3.68. The van der Waals surface area contributed by atoms with Crippen molar-refractivity contribution in [3.8, 4) is 0 Å². The molecule has 0 radical (unpaired) electrons. The number of nitrogens with two attached hydrogens (primary N) is 3. The van der Waals surface area contributed by atoms with Crippen LogP contribution < -0.4 is 27.8 Å². The zero-order chi connectivity index (χ0) is 30.1. The Hall–Kier alpha value is -1.83.